The molecule has 2 N–H and O–H groups in total. The molecule has 8 heteroatoms. The van der Waals surface area contributed by atoms with E-state index in [2.05, 4.69) is 26.6 Å². The Morgan fingerprint density at radius 1 is 1.40 bits per heavy atom. The molecule has 2 amide bonds. The van der Waals surface area contributed by atoms with Crippen molar-refractivity contribution in [1.29, 1.82) is 0 Å². The molecule has 6 nitrogen and oxygen atoms in total. The van der Waals surface area contributed by atoms with Gasteiger partial charge in [0.15, 0.2) is 0 Å². The van der Waals surface area contributed by atoms with Crippen molar-refractivity contribution in [2.24, 2.45) is 5.92 Å². The number of thiophene rings is 1. The molecule has 0 saturated heterocycles. The molecule has 1 unspecified atom stereocenters. The summed E-state index contributed by atoms with van der Waals surface area (Å²) in [6.07, 6.45) is 0.545. The molecule has 1 aliphatic rings. The second-order valence-electron chi connectivity index (χ2n) is 5.58. The van der Waals surface area contributed by atoms with E-state index in [1.807, 2.05) is 24.3 Å². The van der Waals surface area contributed by atoms with Crippen molar-refractivity contribution in [2.75, 3.05) is 17.7 Å². The third-order valence-corrected chi connectivity index (χ3v) is 5.76. The summed E-state index contributed by atoms with van der Waals surface area (Å²) in [6, 6.07) is 7.54. The minimum absolute atomic E-state index is 0.0380. The molecule has 130 valence electrons. The van der Waals surface area contributed by atoms with E-state index in [-0.39, 0.29) is 23.8 Å². The fourth-order valence-corrected chi connectivity index (χ4v) is 4.30. The summed E-state index contributed by atoms with van der Waals surface area (Å²) in [5.41, 5.74) is 2.08. The summed E-state index contributed by atoms with van der Waals surface area (Å²) in [4.78, 5) is 36.4. The highest BCUT2D eigenvalue weighted by atomic mass is 79.9. The highest BCUT2D eigenvalue weighted by molar-refractivity contribution is 9.10. The number of methoxy groups -OCH3 is 1. The third kappa shape index (κ3) is 3.74. The lowest BCUT2D eigenvalue weighted by atomic mass is 9.90. The van der Waals surface area contributed by atoms with E-state index in [9.17, 15) is 14.4 Å². The lowest BCUT2D eigenvalue weighted by Gasteiger charge is -2.24. The quantitative estimate of drug-likeness (QED) is 0.738. The van der Waals surface area contributed by atoms with Gasteiger partial charge in [0.2, 0.25) is 11.8 Å². The van der Waals surface area contributed by atoms with Crippen molar-refractivity contribution in [1.82, 2.24) is 0 Å². The Morgan fingerprint density at radius 2 is 2.16 bits per heavy atom. The number of halogens is 1. The Balaban J connectivity index is 1.70. The van der Waals surface area contributed by atoms with Crippen LogP contribution in [0.1, 0.15) is 22.3 Å². The van der Waals surface area contributed by atoms with Crippen LogP contribution >= 0.6 is 27.3 Å². The van der Waals surface area contributed by atoms with Crippen molar-refractivity contribution in [3.8, 4) is 0 Å². The SMILES string of the molecule is COC(=O)c1c(Br)csc1NC(=O)CC1Cc2ccccc2NC1=O. The number of carbonyl (C=O) groups excluding carboxylic acids is 3. The molecular weight excluding hydrogens is 408 g/mol. The number of esters is 1. The molecule has 0 fully saturated rings. The van der Waals surface area contributed by atoms with Crippen LogP contribution in [0.3, 0.4) is 0 Å². The molecular formula is C17H15BrN2O4S. The predicted octanol–water partition coefficient (Wildman–Crippen LogP) is 3.44. The molecule has 0 radical (unpaired) electrons. The molecule has 2 aromatic rings. The van der Waals surface area contributed by atoms with E-state index < -0.39 is 11.9 Å². The van der Waals surface area contributed by atoms with Crippen LogP contribution in [0.4, 0.5) is 10.7 Å². The number of ether oxygens (including phenoxy) is 1. The summed E-state index contributed by atoms with van der Waals surface area (Å²) < 4.78 is 5.29. The van der Waals surface area contributed by atoms with Gasteiger partial charge in [0.25, 0.3) is 0 Å². The highest BCUT2D eigenvalue weighted by Gasteiger charge is 2.29. The highest BCUT2D eigenvalue weighted by Crippen LogP contribution is 2.33. The topological polar surface area (TPSA) is 84.5 Å². The Kier molecular flexibility index (Phi) is 5.19. The van der Waals surface area contributed by atoms with Crippen LogP contribution in [0.25, 0.3) is 0 Å². The molecule has 0 bridgehead atoms. The number of fused-ring (bicyclic) bond motifs is 1. The molecule has 1 aromatic carbocycles. The zero-order chi connectivity index (χ0) is 18.0. The Bertz CT molecular complexity index is 849. The first-order valence-electron chi connectivity index (χ1n) is 7.53. The number of carbonyl (C=O) groups is 3. The number of rotatable bonds is 4. The van der Waals surface area contributed by atoms with Crippen LogP contribution in [-0.4, -0.2) is 24.9 Å². The normalized spacial score (nSPS) is 15.9. The first-order chi connectivity index (χ1) is 12.0. The van der Waals surface area contributed by atoms with Crippen molar-refractivity contribution >= 4 is 55.7 Å². The first-order valence-corrected chi connectivity index (χ1v) is 9.20. The summed E-state index contributed by atoms with van der Waals surface area (Å²) in [6.45, 7) is 0. The molecule has 1 atom stereocenters. The maximum absolute atomic E-state index is 12.4. The fourth-order valence-electron chi connectivity index (χ4n) is 2.70. The lowest BCUT2D eigenvalue weighted by molar-refractivity contribution is -0.125. The van der Waals surface area contributed by atoms with E-state index >= 15 is 0 Å². The summed E-state index contributed by atoms with van der Waals surface area (Å²) in [5.74, 6) is -1.47. The van der Waals surface area contributed by atoms with E-state index in [1.54, 1.807) is 5.38 Å². The van der Waals surface area contributed by atoms with Crippen LogP contribution in [0.2, 0.25) is 0 Å². The maximum Gasteiger partial charge on any atom is 0.342 e. The van der Waals surface area contributed by atoms with E-state index in [1.165, 1.54) is 18.4 Å². The molecule has 0 aliphatic carbocycles. The van der Waals surface area contributed by atoms with Gasteiger partial charge in [-0.1, -0.05) is 18.2 Å². The molecule has 25 heavy (non-hydrogen) atoms. The van der Waals surface area contributed by atoms with Crippen molar-refractivity contribution in [2.45, 2.75) is 12.8 Å². The number of para-hydroxylation sites is 1. The van der Waals surface area contributed by atoms with E-state index in [0.29, 0.717) is 15.9 Å². The van der Waals surface area contributed by atoms with Crippen LogP contribution in [0.15, 0.2) is 34.1 Å². The van der Waals surface area contributed by atoms with Crippen LogP contribution in [-0.2, 0) is 20.7 Å². The number of nitrogens with one attached hydrogen (secondary N) is 2. The van der Waals surface area contributed by atoms with Gasteiger partial charge in [0.1, 0.15) is 10.6 Å². The minimum atomic E-state index is -0.534. The van der Waals surface area contributed by atoms with Crippen molar-refractivity contribution in [3.05, 3.63) is 45.2 Å². The van der Waals surface area contributed by atoms with Crippen molar-refractivity contribution < 1.29 is 19.1 Å². The monoisotopic (exact) mass is 422 g/mol. The number of benzene rings is 1. The third-order valence-electron chi connectivity index (χ3n) is 3.93. The molecule has 1 aromatic heterocycles. The van der Waals surface area contributed by atoms with Gasteiger partial charge >= 0.3 is 5.97 Å². The van der Waals surface area contributed by atoms with Gasteiger partial charge in [0, 0.05) is 22.0 Å². The van der Waals surface area contributed by atoms with Gasteiger partial charge in [-0.15, -0.1) is 11.3 Å². The Hall–Kier alpha value is -2.19. The Morgan fingerprint density at radius 3 is 2.92 bits per heavy atom. The minimum Gasteiger partial charge on any atom is -0.465 e. The summed E-state index contributed by atoms with van der Waals surface area (Å²) in [7, 11) is 1.28. The van der Waals surface area contributed by atoms with Gasteiger partial charge in [-0.05, 0) is 34.0 Å². The van der Waals surface area contributed by atoms with Gasteiger partial charge in [0.05, 0.1) is 13.0 Å². The molecule has 0 spiro atoms. The van der Waals surface area contributed by atoms with Crippen LogP contribution in [0, 0.1) is 5.92 Å². The van der Waals surface area contributed by atoms with Gasteiger partial charge in [-0.2, -0.15) is 0 Å². The number of hydrogen-bond donors (Lipinski definition) is 2. The molecule has 0 saturated carbocycles. The van der Waals surface area contributed by atoms with E-state index in [4.69, 9.17) is 4.74 Å². The smallest absolute Gasteiger partial charge is 0.342 e. The van der Waals surface area contributed by atoms with Gasteiger partial charge < -0.3 is 15.4 Å². The zero-order valence-electron chi connectivity index (χ0n) is 13.3. The van der Waals surface area contributed by atoms with Gasteiger partial charge in [-0.3, -0.25) is 9.59 Å². The average Bonchev–Trinajstić information content (AvgIpc) is 2.95. The second kappa shape index (κ2) is 7.37. The number of amides is 2. The maximum atomic E-state index is 12.4. The zero-order valence-corrected chi connectivity index (χ0v) is 15.7. The second-order valence-corrected chi connectivity index (χ2v) is 7.31. The van der Waals surface area contributed by atoms with Crippen LogP contribution < -0.4 is 10.6 Å². The Labute approximate surface area is 156 Å². The van der Waals surface area contributed by atoms with Crippen LogP contribution in [0.5, 0.6) is 0 Å². The summed E-state index contributed by atoms with van der Waals surface area (Å²) in [5, 5.41) is 7.63. The van der Waals surface area contributed by atoms with E-state index in [0.717, 1.165) is 11.3 Å². The first kappa shape index (κ1) is 17.6. The molecule has 2 heterocycles. The van der Waals surface area contributed by atoms with Crippen molar-refractivity contribution in [3.63, 3.8) is 0 Å². The molecule has 3 rings (SSSR count). The largest absolute Gasteiger partial charge is 0.465 e. The predicted molar refractivity (Wildman–Crippen MR) is 98.9 cm³/mol. The average molecular weight is 423 g/mol. The lowest BCUT2D eigenvalue weighted by Crippen LogP contribution is -2.32. The molecule has 1 aliphatic heterocycles. The standard InChI is InChI=1S/C17H15BrN2O4S/c1-24-17(23)14-11(18)8-25-16(14)20-13(21)7-10-6-9-4-2-3-5-12(9)19-15(10)22/h2-5,8,10H,6-7H2,1H3,(H,19,22)(H,20,21). The number of anilines is 2. The fraction of sp³-hybridized carbons (Fsp3) is 0.235. The summed E-state index contributed by atoms with van der Waals surface area (Å²) >= 11 is 4.49. The van der Waals surface area contributed by atoms with Gasteiger partial charge in [-0.25, -0.2) is 4.79 Å². The number of hydrogen-bond acceptors (Lipinski definition) is 5.